The normalized spacial score (nSPS) is 24.4. The van der Waals surface area contributed by atoms with E-state index >= 15 is 0 Å². The summed E-state index contributed by atoms with van der Waals surface area (Å²) in [6, 6.07) is 10.5. The van der Waals surface area contributed by atoms with Gasteiger partial charge in [0.15, 0.2) is 0 Å². The molecule has 0 radical (unpaired) electrons. The van der Waals surface area contributed by atoms with Crippen LogP contribution >= 0.6 is 11.6 Å². The van der Waals surface area contributed by atoms with Gasteiger partial charge in [-0.2, -0.15) is 0 Å². The van der Waals surface area contributed by atoms with Crippen LogP contribution in [0, 0.1) is 5.41 Å². The van der Waals surface area contributed by atoms with E-state index in [0.717, 1.165) is 25.7 Å². The van der Waals surface area contributed by atoms with E-state index in [-0.39, 0.29) is 12.1 Å². The first kappa shape index (κ1) is 16.3. The van der Waals surface area contributed by atoms with Crippen LogP contribution in [0.1, 0.15) is 43.6 Å². The lowest BCUT2D eigenvalue weighted by atomic mass is 9.74. The van der Waals surface area contributed by atoms with Crippen LogP contribution in [0.3, 0.4) is 0 Å². The summed E-state index contributed by atoms with van der Waals surface area (Å²) in [5.74, 6) is 1.05. The fourth-order valence-electron chi connectivity index (χ4n) is 3.01. The summed E-state index contributed by atoms with van der Waals surface area (Å²) >= 11 is 5.78. The number of hydrogen-bond donors (Lipinski definition) is 0. The number of alkyl halides is 2. The second kappa shape index (κ2) is 8.38. The molecule has 114 valence electrons. The highest BCUT2D eigenvalue weighted by Crippen LogP contribution is 2.39. The van der Waals surface area contributed by atoms with Crippen molar-refractivity contribution in [3.8, 4) is 0 Å². The second-order valence-electron chi connectivity index (χ2n) is 5.83. The predicted octanol–water partition coefficient (Wildman–Crippen LogP) is 6.04. The maximum Gasteiger partial charge on any atom is 0.0894 e. The smallest absolute Gasteiger partial charge is 0.0894 e. The molecule has 1 aromatic carbocycles. The van der Waals surface area contributed by atoms with Gasteiger partial charge in [-0.25, -0.2) is 0 Å². The minimum Gasteiger partial charge on any atom is -0.251 e. The maximum atomic E-state index is 12.6. The third-order valence-corrected chi connectivity index (χ3v) is 4.52. The first-order chi connectivity index (χ1) is 10.3. The van der Waals surface area contributed by atoms with Gasteiger partial charge in [-0.15, -0.1) is 11.6 Å². The molecule has 1 aromatic rings. The minimum atomic E-state index is -0.235. The third kappa shape index (κ3) is 4.71. The van der Waals surface area contributed by atoms with Crippen molar-refractivity contribution in [1.29, 1.82) is 0 Å². The Kier molecular flexibility index (Phi) is 6.50. The Morgan fingerprint density at radius 2 is 1.62 bits per heavy atom. The molecule has 0 spiro atoms. The molecular formula is C19H24ClF. The van der Waals surface area contributed by atoms with E-state index in [4.69, 9.17) is 11.6 Å². The highest BCUT2D eigenvalue weighted by molar-refractivity contribution is 6.17. The molecule has 0 nitrogen and oxygen atoms in total. The fourth-order valence-corrected chi connectivity index (χ4v) is 3.20. The Bertz CT molecular complexity index is 450. The van der Waals surface area contributed by atoms with E-state index in [2.05, 4.69) is 48.6 Å². The van der Waals surface area contributed by atoms with Crippen LogP contribution in [-0.2, 0) is 0 Å². The van der Waals surface area contributed by atoms with Crippen LogP contribution in [0.25, 0.3) is 0 Å². The summed E-state index contributed by atoms with van der Waals surface area (Å²) in [5, 5.41) is 0. The monoisotopic (exact) mass is 306 g/mol. The molecule has 0 atom stereocenters. The van der Waals surface area contributed by atoms with E-state index in [0.29, 0.717) is 18.2 Å². The largest absolute Gasteiger partial charge is 0.251 e. The molecule has 21 heavy (non-hydrogen) atoms. The van der Waals surface area contributed by atoms with Gasteiger partial charge in [0.2, 0.25) is 0 Å². The molecule has 0 bridgehead atoms. The zero-order valence-corrected chi connectivity index (χ0v) is 13.2. The Morgan fingerprint density at radius 1 is 0.952 bits per heavy atom. The Balaban J connectivity index is 2.05. The van der Waals surface area contributed by atoms with E-state index in [9.17, 15) is 4.39 Å². The van der Waals surface area contributed by atoms with Gasteiger partial charge < -0.3 is 0 Å². The Hall–Kier alpha value is -1.08. The number of hydrogen-bond acceptors (Lipinski definition) is 0. The molecule has 0 saturated heterocycles. The van der Waals surface area contributed by atoms with Crippen LogP contribution in [0.4, 0.5) is 4.39 Å². The molecule has 0 amide bonds. The van der Waals surface area contributed by atoms with Crippen LogP contribution in [-0.4, -0.2) is 12.6 Å². The van der Waals surface area contributed by atoms with Gasteiger partial charge in [-0.1, -0.05) is 61.1 Å². The van der Waals surface area contributed by atoms with E-state index in [1.165, 1.54) is 5.56 Å². The van der Waals surface area contributed by atoms with E-state index < -0.39 is 0 Å². The van der Waals surface area contributed by atoms with Crippen molar-refractivity contribution in [2.75, 3.05) is 12.6 Å². The summed E-state index contributed by atoms with van der Waals surface area (Å²) in [6.07, 6.45) is 13.9. The highest BCUT2D eigenvalue weighted by Gasteiger charge is 2.26. The highest BCUT2D eigenvalue weighted by atomic mass is 35.5. The van der Waals surface area contributed by atoms with Gasteiger partial charge >= 0.3 is 0 Å². The number of halogens is 2. The standard InChI is InChI=1S/C19H24ClF/c20-15-5-4-11-19(12-6-16-21)13-9-18(10-14-19)17-7-2-1-3-8-17/h1-3,7-10,13-14,18H,4-6,11-12,15-16H2. The Labute approximate surface area is 132 Å². The van der Waals surface area contributed by atoms with Gasteiger partial charge in [0, 0.05) is 17.2 Å². The van der Waals surface area contributed by atoms with Crippen LogP contribution < -0.4 is 0 Å². The topological polar surface area (TPSA) is 0 Å². The lowest BCUT2D eigenvalue weighted by Gasteiger charge is -2.31. The van der Waals surface area contributed by atoms with Crippen molar-refractivity contribution in [2.45, 2.75) is 38.0 Å². The fraction of sp³-hybridized carbons (Fsp3) is 0.474. The molecule has 0 fully saturated rings. The van der Waals surface area contributed by atoms with Crippen molar-refractivity contribution in [3.05, 3.63) is 60.2 Å². The zero-order valence-electron chi connectivity index (χ0n) is 12.5. The first-order valence-corrected chi connectivity index (χ1v) is 8.39. The van der Waals surface area contributed by atoms with Crippen molar-refractivity contribution in [1.82, 2.24) is 0 Å². The van der Waals surface area contributed by atoms with Crippen molar-refractivity contribution >= 4 is 11.6 Å². The summed E-state index contributed by atoms with van der Waals surface area (Å²) in [6.45, 7) is -0.235. The summed E-state index contributed by atoms with van der Waals surface area (Å²) < 4.78 is 12.6. The van der Waals surface area contributed by atoms with Crippen molar-refractivity contribution < 1.29 is 4.39 Å². The van der Waals surface area contributed by atoms with Gasteiger partial charge in [0.05, 0.1) is 6.67 Å². The number of unbranched alkanes of at least 4 members (excludes halogenated alkanes) is 1. The quantitative estimate of drug-likeness (QED) is 0.312. The van der Waals surface area contributed by atoms with Gasteiger partial charge in [0.1, 0.15) is 0 Å². The average Bonchev–Trinajstić information content (AvgIpc) is 2.55. The predicted molar refractivity (Wildman–Crippen MR) is 89.7 cm³/mol. The third-order valence-electron chi connectivity index (χ3n) is 4.26. The molecule has 2 heteroatoms. The molecule has 1 aliphatic carbocycles. The van der Waals surface area contributed by atoms with Crippen LogP contribution in [0.15, 0.2) is 54.6 Å². The Morgan fingerprint density at radius 3 is 2.24 bits per heavy atom. The molecule has 0 heterocycles. The summed E-state index contributed by atoms with van der Waals surface area (Å²) in [5.41, 5.74) is 1.34. The maximum absolute atomic E-state index is 12.6. The number of rotatable bonds is 8. The van der Waals surface area contributed by atoms with E-state index in [1.807, 2.05) is 6.07 Å². The van der Waals surface area contributed by atoms with E-state index in [1.54, 1.807) is 0 Å². The summed E-state index contributed by atoms with van der Waals surface area (Å²) in [7, 11) is 0. The number of benzene rings is 1. The molecule has 0 aliphatic heterocycles. The molecule has 0 saturated carbocycles. The molecular weight excluding hydrogens is 283 g/mol. The lowest BCUT2D eigenvalue weighted by Crippen LogP contribution is -2.19. The lowest BCUT2D eigenvalue weighted by molar-refractivity contribution is 0.349. The molecule has 0 aromatic heterocycles. The molecule has 2 rings (SSSR count). The van der Waals surface area contributed by atoms with Gasteiger partial charge in [0.25, 0.3) is 0 Å². The molecule has 0 N–H and O–H groups in total. The molecule has 1 aliphatic rings. The molecule has 0 unspecified atom stereocenters. The minimum absolute atomic E-state index is 0.0312. The van der Waals surface area contributed by atoms with Gasteiger partial charge in [-0.3, -0.25) is 4.39 Å². The van der Waals surface area contributed by atoms with Gasteiger partial charge in [-0.05, 0) is 31.2 Å². The average molecular weight is 307 g/mol. The second-order valence-corrected chi connectivity index (χ2v) is 6.20. The SMILES string of the molecule is FCCCC1(CCCCCl)C=CC(c2ccccc2)C=C1. The van der Waals surface area contributed by atoms with Crippen molar-refractivity contribution in [3.63, 3.8) is 0 Å². The summed E-state index contributed by atoms with van der Waals surface area (Å²) in [4.78, 5) is 0. The van der Waals surface area contributed by atoms with Crippen LogP contribution in [0.5, 0.6) is 0 Å². The first-order valence-electron chi connectivity index (χ1n) is 7.85. The number of allylic oxidation sites excluding steroid dienone is 4. The van der Waals surface area contributed by atoms with Crippen molar-refractivity contribution in [2.24, 2.45) is 5.41 Å². The zero-order chi connectivity index (χ0) is 15.0. The van der Waals surface area contributed by atoms with Crippen LogP contribution in [0.2, 0.25) is 0 Å².